The number of hydrogen-bond donors (Lipinski definition) is 2. The monoisotopic (exact) mass is 310 g/mol. The van der Waals surface area contributed by atoms with Crippen LogP contribution in [-0.2, 0) is 6.42 Å². The van der Waals surface area contributed by atoms with Crippen LogP contribution in [-0.4, -0.2) is 26.5 Å². The lowest BCUT2D eigenvalue weighted by atomic mass is 10.1. The van der Waals surface area contributed by atoms with E-state index in [4.69, 9.17) is 10.6 Å². The molecule has 0 fully saturated rings. The Morgan fingerprint density at radius 3 is 2.81 bits per heavy atom. The number of aromatic nitrogens is 4. The molecule has 0 saturated carbocycles. The average Bonchev–Trinajstić information content (AvgIpc) is 3.08. The number of ether oxygens (including phenoxy) is 1. The maximum atomic E-state index is 5.82. The first-order valence-corrected chi connectivity index (χ1v) is 7.79. The molecule has 2 rings (SSSR count). The minimum absolute atomic E-state index is 0.204. The van der Waals surface area contributed by atoms with E-state index in [-0.39, 0.29) is 12.1 Å². The zero-order valence-corrected chi connectivity index (χ0v) is 13.6. The van der Waals surface area contributed by atoms with Crippen LogP contribution in [0.15, 0.2) is 6.20 Å². The van der Waals surface area contributed by atoms with Gasteiger partial charge in [-0.3, -0.25) is 10.5 Å². The van der Waals surface area contributed by atoms with Gasteiger partial charge in [0.05, 0.1) is 23.9 Å². The van der Waals surface area contributed by atoms with Gasteiger partial charge in [0, 0.05) is 6.04 Å². The SMILES string of the molecule is CCCc1nnsc1C(NN)c1c(OC)cnn1C(C)C. The molecule has 116 valence electrons. The van der Waals surface area contributed by atoms with Gasteiger partial charge in [-0.2, -0.15) is 5.10 Å². The summed E-state index contributed by atoms with van der Waals surface area (Å²) in [6.45, 7) is 6.26. The molecule has 0 aliphatic rings. The maximum Gasteiger partial charge on any atom is 0.162 e. The lowest BCUT2D eigenvalue weighted by molar-refractivity contribution is 0.394. The minimum atomic E-state index is -0.230. The van der Waals surface area contributed by atoms with Crippen molar-refractivity contribution in [2.24, 2.45) is 5.84 Å². The Kier molecular flexibility index (Phi) is 5.27. The summed E-state index contributed by atoms with van der Waals surface area (Å²) in [7, 11) is 1.64. The molecule has 2 aromatic heterocycles. The van der Waals surface area contributed by atoms with Crippen molar-refractivity contribution < 1.29 is 4.74 Å². The van der Waals surface area contributed by atoms with E-state index < -0.39 is 0 Å². The highest BCUT2D eigenvalue weighted by Crippen LogP contribution is 2.34. The normalized spacial score (nSPS) is 12.9. The van der Waals surface area contributed by atoms with E-state index in [2.05, 4.69) is 40.9 Å². The fraction of sp³-hybridized carbons (Fsp3) is 0.615. The Morgan fingerprint density at radius 1 is 1.48 bits per heavy atom. The number of rotatable bonds is 7. The Bertz CT molecular complexity index is 579. The summed E-state index contributed by atoms with van der Waals surface area (Å²) in [5, 5.41) is 8.62. The van der Waals surface area contributed by atoms with Gasteiger partial charge < -0.3 is 4.74 Å². The Labute approximate surface area is 128 Å². The van der Waals surface area contributed by atoms with Gasteiger partial charge >= 0.3 is 0 Å². The number of hydrogen-bond acceptors (Lipinski definition) is 7. The molecule has 0 aliphatic heterocycles. The van der Waals surface area contributed by atoms with Gasteiger partial charge in [-0.05, 0) is 31.8 Å². The van der Waals surface area contributed by atoms with E-state index in [1.807, 2.05) is 4.68 Å². The van der Waals surface area contributed by atoms with Gasteiger partial charge in [-0.25, -0.2) is 5.43 Å². The zero-order chi connectivity index (χ0) is 15.4. The highest BCUT2D eigenvalue weighted by Gasteiger charge is 2.27. The second-order valence-corrected chi connectivity index (χ2v) is 5.86. The van der Waals surface area contributed by atoms with Crippen LogP contribution in [0.4, 0.5) is 0 Å². The molecule has 0 aliphatic carbocycles. The lowest BCUT2D eigenvalue weighted by Gasteiger charge is -2.20. The van der Waals surface area contributed by atoms with Crippen LogP contribution in [0.5, 0.6) is 5.75 Å². The van der Waals surface area contributed by atoms with Gasteiger partial charge in [0.2, 0.25) is 0 Å². The van der Waals surface area contributed by atoms with Crippen molar-refractivity contribution in [3.05, 3.63) is 22.5 Å². The number of nitrogens with two attached hydrogens (primary N) is 1. The molecule has 0 saturated heterocycles. The van der Waals surface area contributed by atoms with Crippen molar-refractivity contribution in [1.82, 2.24) is 24.8 Å². The first kappa shape index (κ1) is 15.9. The molecule has 3 N–H and O–H groups in total. The zero-order valence-electron chi connectivity index (χ0n) is 12.8. The summed E-state index contributed by atoms with van der Waals surface area (Å²) in [5.41, 5.74) is 4.74. The van der Waals surface area contributed by atoms with Crippen LogP contribution in [0, 0.1) is 0 Å². The van der Waals surface area contributed by atoms with Gasteiger partial charge in [0.25, 0.3) is 0 Å². The van der Waals surface area contributed by atoms with Crippen LogP contribution in [0.3, 0.4) is 0 Å². The van der Waals surface area contributed by atoms with Crippen molar-refractivity contribution in [2.45, 2.75) is 45.7 Å². The molecule has 8 heteroatoms. The molecule has 0 radical (unpaired) electrons. The van der Waals surface area contributed by atoms with Crippen LogP contribution in [0.25, 0.3) is 0 Å². The predicted octanol–water partition coefficient (Wildman–Crippen LogP) is 1.83. The largest absolute Gasteiger partial charge is 0.493 e. The quantitative estimate of drug-likeness (QED) is 0.599. The van der Waals surface area contributed by atoms with E-state index in [9.17, 15) is 0 Å². The number of methoxy groups -OCH3 is 1. The average molecular weight is 310 g/mol. The van der Waals surface area contributed by atoms with Crippen molar-refractivity contribution in [1.29, 1.82) is 0 Å². The molecular formula is C13H22N6OS. The molecule has 0 bridgehead atoms. The summed E-state index contributed by atoms with van der Waals surface area (Å²) in [4.78, 5) is 1.01. The predicted molar refractivity (Wildman–Crippen MR) is 82.2 cm³/mol. The second kappa shape index (κ2) is 6.97. The molecule has 0 spiro atoms. The van der Waals surface area contributed by atoms with Crippen molar-refractivity contribution in [2.75, 3.05) is 7.11 Å². The number of hydrazine groups is 1. The van der Waals surface area contributed by atoms with E-state index in [0.29, 0.717) is 5.75 Å². The van der Waals surface area contributed by atoms with Crippen LogP contribution < -0.4 is 16.0 Å². The maximum absolute atomic E-state index is 5.82. The Morgan fingerprint density at radius 2 is 2.24 bits per heavy atom. The van der Waals surface area contributed by atoms with Crippen LogP contribution in [0.2, 0.25) is 0 Å². The summed E-state index contributed by atoms with van der Waals surface area (Å²) in [6.07, 6.45) is 3.60. The van der Waals surface area contributed by atoms with Crippen LogP contribution >= 0.6 is 11.5 Å². The topological polar surface area (TPSA) is 90.9 Å². The summed E-state index contributed by atoms with van der Waals surface area (Å²) in [6, 6.07) is -0.0262. The van der Waals surface area contributed by atoms with Crippen molar-refractivity contribution >= 4 is 11.5 Å². The molecule has 0 aromatic carbocycles. The van der Waals surface area contributed by atoms with Gasteiger partial charge in [0.15, 0.2) is 5.75 Å². The Balaban J connectivity index is 2.50. The summed E-state index contributed by atoms with van der Waals surface area (Å²) in [5.74, 6) is 6.53. The smallest absolute Gasteiger partial charge is 0.162 e. The molecule has 0 amide bonds. The van der Waals surface area contributed by atoms with Crippen LogP contribution in [0.1, 0.15) is 55.5 Å². The van der Waals surface area contributed by atoms with E-state index in [0.717, 1.165) is 29.1 Å². The van der Waals surface area contributed by atoms with E-state index >= 15 is 0 Å². The first-order chi connectivity index (χ1) is 10.1. The standard InChI is InChI=1S/C13H22N6OS/c1-5-6-9-13(21-18-17-9)11(16-14)12-10(20-4)7-15-19(12)8(2)3/h7-8,11,16H,5-6,14H2,1-4H3. The highest BCUT2D eigenvalue weighted by molar-refractivity contribution is 7.05. The molecule has 7 nitrogen and oxygen atoms in total. The third-order valence-electron chi connectivity index (χ3n) is 3.28. The Hall–Kier alpha value is -1.51. The first-order valence-electron chi connectivity index (χ1n) is 7.02. The third kappa shape index (κ3) is 3.07. The molecule has 1 atom stereocenters. The van der Waals surface area contributed by atoms with Gasteiger partial charge in [-0.1, -0.05) is 17.8 Å². The van der Waals surface area contributed by atoms with E-state index in [1.54, 1.807) is 13.3 Å². The lowest BCUT2D eigenvalue weighted by Crippen LogP contribution is -2.31. The number of nitrogens with zero attached hydrogens (tertiary/aromatic N) is 4. The molecule has 21 heavy (non-hydrogen) atoms. The fourth-order valence-corrected chi connectivity index (χ4v) is 3.08. The fourth-order valence-electron chi connectivity index (χ4n) is 2.32. The molecule has 2 heterocycles. The van der Waals surface area contributed by atoms with Crippen molar-refractivity contribution in [3.8, 4) is 5.75 Å². The van der Waals surface area contributed by atoms with Crippen molar-refractivity contribution in [3.63, 3.8) is 0 Å². The minimum Gasteiger partial charge on any atom is -0.493 e. The molecule has 1 unspecified atom stereocenters. The van der Waals surface area contributed by atoms with Gasteiger partial charge in [-0.15, -0.1) is 5.10 Å². The second-order valence-electron chi connectivity index (χ2n) is 5.07. The molecule has 2 aromatic rings. The highest BCUT2D eigenvalue weighted by atomic mass is 32.1. The summed E-state index contributed by atoms with van der Waals surface area (Å²) >= 11 is 1.36. The number of nitrogens with one attached hydrogen (secondary N) is 1. The molecular weight excluding hydrogens is 288 g/mol. The summed E-state index contributed by atoms with van der Waals surface area (Å²) < 4.78 is 11.4. The third-order valence-corrected chi connectivity index (χ3v) is 4.11. The van der Waals surface area contributed by atoms with Gasteiger partial charge in [0.1, 0.15) is 11.7 Å². The van der Waals surface area contributed by atoms with E-state index in [1.165, 1.54) is 11.5 Å². The number of aryl methyl sites for hydroxylation is 1.